The fourth-order valence-electron chi connectivity index (χ4n) is 4.87. The highest BCUT2D eigenvalue weighted by atomic mass is 32.2. The molecule has 2 heterocycles. The second-order valence-corrected chi connectivity index (χ2v) is 12.8. The number of rotatable bonds is 13. The van der Waals surface area contributed by atoms with E-state index in [0.717, 1.165) is 21.1 Å². The Bertz CT molecular complexity index is 1660. The van der Waals surface area contributed by atoms with Crippen molar-refractivity contribution in [2.45, 2.75) is 37.8 Å². The molecule has 1 unspecified atom stereocenters. The molecule has 46 heavy (non-hydrogen) atoms. The van der Waals surface area contributed by atoms with E-state index in [1.807, 2.05) is 25.9 Å². The highest BCUT2D eigenvalue weighted by Gasteiger charge is 2.35. The van der Waals surface area contributed by atoms with Crippen LogP contribution in [0, 0.1) is 11.6 Å². The van der Waals surface area contributed by atoms with Crippen molar-refractivity contribution in [1.29, 1.82) is 0 Å². The summed E-state index contributed by atoms with van der Waals surface area (Å²) in [5, 5.41) is 10.3. The molecule has 0 radical (unpaired) electrons. The van der Waals surface area contributed by atoms with Gasteiger partial charge in [0, 0.05) is 56.9 Å². The standard InChI is InChI=1S/C30H38F2N6O7S/c1-6-44-30(40)38-27-9-10-37(46(41,42)23-14-20(31)13-21(32)15-23)17-25(27)28(35-38)34-29(39)24-8-7-22(45-12-11-36(3)4)16-26(24)33-19(2)18-43-5/h7-8,13-16,19,33H,6,9-12,17-18H2,1-5H3,(H,34,35,39). The first-order valence-corrected chi connectivity index (χ1v) is 16.0. The summed E-state index contributed by atoms with van der Waals surface area (Å²) in [5.41, 5.74) is 1.24. The number of halogens is 2. The molecule has 1 aliphatic heterocycles. The Morgan fingerprint density at radius 2 is 1.85 bits per heavy atom. The summed E-state index contributed by atoms with van der Waals surface area (Å²) in [4.78, 5) is 27.9. The van der Waals surface area contributed by atoms with Gasteiger partial charge < -0.3 is 29.7 Å². The Hall–Kier alpha value is -4.12. The van der Waals surface area contributed by atoms with Crippen LogP contribution in [0.1, 0.15) is 35.5 Å². The zero-order chi connectivity index (χ0) is 33.6. The van der Waals surface area contributed by atoms with E-state index in [1.165, 1.54) is 0 Å². The van der Waals surface area contributed by atoms with Gasteiger partial charge in [0.2, 0.25) is 10.0 Å². The van der Waals surface area contributed by atoms with E-state index in [-0.39, 0.29) is 49.1 Å². The van der Waals surface area contributed by atoms with Gasteiger partial charge in [-0.2, -0.15) is 8.99 Å². The Kier molecular flexibility index (Phi) is 11.3. The molecule has 4 rings (SSSR count). The van der Waals surface area contributed by atoms with Crippen LogP contribution >= 0.6 is 0 Å². The Balaban J connectivity index is 1.68. The molecule has 2 aromatic carbocycles. The summed E-state index contributed by atoms with van der Waals surface area (Å²) >= 11 is 0. The number of anilines is 2. The summed E-state index contributed by atoms with van der Waals surface area (Å²) < 4.78 is 72.8. The van der Waals surface area contributed by atoms with Crippen molar-refractivity contribution < 1.29 is 41.0 Å². The highest BCUT2D eigenvalue weighted by molar-refractivity contribution is 7.89. The number of amides is 1. The quantitative estimate of drug-likeness (QED) is 0.278. The van der Waals surface area contributed by atoms with Gasteiger partial charge in [0.15, 0.2) is 5.82 Å². The third kappa shape index (κ3) is 8.17. The number of nitrogens with zero attached hydrogens (tertiary/aromatic N) is 4. The molecule has 2 N–H and O–H groups in total. The minimum atomic E-state index is -4.36. The van der Waals surface area contributed by atoms with Gasteiger partial charge in [-0.15, -0.1) is 5.10 Å². The number of hydrogen-bond acceptors (Lipinski definition) is 10. The highest BCUT2D eigenvalue weighted by Crippen LogP contribution is 2.32. The molecule has 250 valence electrons. The van der Waals surface area contributed by atoms with Crippen molar-refractivity contribution in [1.82, 2.24) is 19.0 Å². The molecule has 1 aromatic heterocycles. The van der Waals surface area contributed by atoms with Gasteiger partial charge in [-0.05, 0) is 52.2 Å². The Morgan fingerprint density at radius 3 is 2.50 bits per heavy atom. The van der Waals surface area contributed by atoms with Crippen molar-refractivity contribution in [2.24, 2.45) is 0 Å². The van der Waals surface area contributed by atoms with E-state index >= 15 is 0 Å². The van der Waals surface area contributed by atoms with E-state index in [1.54, 1.807) is 32.2 Å². The normalized spacial score (nSPS) is 14.1. The van der Waals surface area contributed by atoms with Gasteiger partial charge >= 0.3 is 6.09 Å². The van der Waals surface area contributed by atoms with Crippen LogP contribution < -0.4 is 15.4 Å². The molecule has 16 heteroatoms. The summed E-state index contributed by atoms with van der Waals surface area (Å²) in [6, 6.07) is 6.76. The predicted octanol–water partition coefficient (Wildman–Crippen LogP) is 3.55. The summed E-state index contributed by atoms with van der Waals surface area (Å²) in [6.07, 6.45) is -0.799. The van der Waals surface area contributed by atoms with Crippen LogP contribution in [0.3, 0.4) is 0 Å². The van der Waals surface area contributed by atoms with Crippen LogP contribution in [-0.2, 0) is 32.5 Å². The van der Waals surface area contributed by atoms with Crippen LogP contribution in [0.2, 0.25) is 0 Å². The van der Waals surface area contributed by atoms with E-state index in [4.69, 9.17) is 14.2 Å². The topological polar surface area (TPSA) is 144 Å². The summed E-state index contributed by atoms with van der Waals surface area (Å²) in [7, 11) is 1.05. The third-order valence-corrected chi connectivity index (χ3v) is 8.85. The number of nitrogens with one attached hydrogen (secondary N) is 2. The first-order valence-electron chi connectivity index (χ1n) is 14.6. The molecule has 0 saturated heterocycles. The fraction of sp³-hybridized carbons (Fsp3) is 0.433. The second-order valence-electron chi connectivity index (χ2n) is 10.9. The smallest absolute Gasteiger partial charge is 0.434 e. The molecule has 0 spiro atoms. The number of aromatic nitrogens is 2. The number of hydrogen-bond donors (Lipinski definition) is 2. The van der Waals surface area contributed by atoms with Gasteiger partial charge in [-0.3, -0.25) is 4.79 Å². The lowest BCUT2D eigenvalue weighted by Gasteiger charge is -2.27. The van der Waals surface area contributed by atoms with Gasteiger partial charge in [-0.25, -0.2) is 22.0 Å². The summed E-state index contributed by atoms with van der Waals surface area (Å²) in [6.45, 7) is 4.55. The molecule has 0 fully saturated rings. The van der Waals surface area contributed by atoms with Crippen LogP contribution in [0.25, 0.3) is 0 Å². The van der Waals surface area contributed by atoms with Crippen molar-refractivity contribution in [3.63, 3.8) is 0 Å². The monoisotopic (exact) mass is 664 g/mol. The minimum Gasteiger partial charge on any atom is -0.492 e. The number of likely N-dealkylation sites (N-methyl/N-ethyl adjacent to an activating group) is 1. The zero-order valence-electron chi connectivity index (χ0n) is 26.3. The maximum Gasteiger partial charge on any atom is 0.434 e. The zero-order valence-corrected chi connectivity index (χ0v) is 27.1. The molecule has 1 aliphatic rings. The number of sulfonamides is 1. The minimum absolute atomic E-state index is 0.00830. The van der Waals surface area contributed by atoms with Gasteiger partial charge in [0.1, 0.15) is 24.0 Å². The van der Waals surface area contributed by atoms with Crippen LogP contribution in [0.4, 0.5) is 25.1 Å². The molecular formula is C30H38F2N6O7S. The molecule has 1 atom stereocenters. The number of methoxy groups -OCH3 is 1. The number of carbonyl (C=O) groups excluding carboxylic acids is 2. The van der Waals surface area contributed by atoms with E-state index in [0.29, 0.717) is 43.0 Å². The van der Waals surface area contributed by atoms with Crippen molar-refractivity contribution in [3.8, 4) is 5.75 Å². The number of carbonyl (C=O) groups is 2. The maximum absolute atomic E-state index is 13.9. The fourth-order valence-corrected chi connectivity index (χ4v) is 6.32. The lowest BCUT2D eigenvalue weighted by Crippen LogP contribution is -2.37. The largest absolute Gasteiger partial charge is 0.492 e. The van der Waals surface area contributed by atoms with Crippen molar-refractivity contribution >= 4 is 33.5 Å². The lowest BCUT2D eigenvalue weighted by atomic mass is 10.1. The first kappa shape index (κ1) is 34.7. The Labute approximate surface area is 266 Å². The van der Waals surface area contributed by atoms with Crippen molar-refractivity contribution in [2.75, 3.05) is 64.7 Å². The molecular weight excluding hydrogens is 626 g/mol. The Morgan fingerprint density at radius 1 is 1.13 bits per heavy atom. The lowest BCUT2D eigenvalue weighted by molar-refractivity contribution is 0.102. The SMILES string of the molecule is CCOC(=O)n1nc(NC(=O)c2ccc(OCCN(C)C)cc2NC(C)COC)c2c1CCN(S(=O)(=O)c1cc(F)cc(F)c1)C2. The van der Waals surface area contributed by atoms with Crippen LogP contribution in [0.5, 0.6) is 5.75 Å². The van der Waals surface area contributed by atoms with E-state index < -0.39 is 38.6 Å². The number of fused-ring (bicyclic) bond motifs is 1. The maximum atomic E-state index is 13.9. The van der Waals surface area contributed by atoms with Gasteiger partial charge in [0.05, 0.1) is 35.1 Å². The van der Waals surface area contributed by atoms with Crippen molar-refractivity contribution in [3.05, 3.63) is 64.9 Å². The number of ether oxygens (including phenoxy) is 3. The predicted molar refractivity (Wildman–Crippen MR) is 166 cm³/mol. The second kappa shape index (κ2) is 15.0. The van der Waals surface area contributed by atoms with E-state index in [9.17, 15) is 26.8 Å². The molecule has 0 aliphatic carbocycles. The average molecular weight is 665 g/mol. The molecule has 3 aromatic rings. The third-order valence-electron chi connectivity index (χ3n) is 7.03. The van der Waals surface area contributed by atoms with Crippen LogP contribution in [0.15, 0.2) is 41.3 Å². The average Bonchev–Trinajstić information content (AvgIpc) is 3.34. The molecule has 1 amide bonds. The molecule has 0 bridgehead atoms. The van der Waals surface area contributed by atoms with Gasteiger partial charge in [0.25, 0.3) is 5.91 Å². The van der Waals surface area contributed by atoms with Crippen LogP contribution in [-0.4, -0.2) is 99.6 Å². The first-order chi connectivity index (χ1) is 21.8. The van der Waals surface area contributed by atoms with E-state index in [2.05, 4.69) is 15.7 Å². The number of benzene rings is 2. The van der Waals surface area contributed by atoms with Gasteiger partial charge in [-0.1, -0.05) is 0 Å². The summed E-state index contributed by atoms with van der Waals surface area (Å²) in [5.74, 6) is -2.23. The molecule has 0 saturated carbocycles. The molecule has 13 nitrogen and oxygen atoms in total.